The van der Waals surface area contributed by atoms with E-state index in [0.29, 0.717) is 42.6 Å². The smallest absolute Gasteiger partial charge is 0.239 e. The number of rotatable bonds is 5. The van der Waals surface area contributed by atoms with E-state index in [1.165, 1.54) is 7.11 Å². The minimum Gasteiger partial charge on any atom is -0.495 e. The molecule has 0 spiro atoms. The van der Waals surface area contributed by atoms with Gasteiger partial charge in [-0.15, -0.1) is 0 Å². The topological polar surface area (TPSA) is 79.0 Å². The number of anilines is 1. The molecule has 3 amide bonds. The number of hydrogen-bond donors (Lipinski definition) is 1. The SMILES string of the molecule is COc1cc(Cl)c(C)cc1NC(=O)C(C)(C)C(=O)N1CCN(C=O)CC1. The highest BCUT2D eigenvalue weighted by atomic mass is 35.5. The number of piperazine rings is 1. The van der Waals surface area contributed by atoms with E-state index < -0.39 is 11.3 Å². The van der Waals surface area contributed by atoms with E-state index in [1.54, 1.807) is 35.8 Å². The van der Waals surface area contributed by atoms with Crippen LogP contribution >= 0.6 is 11.6 Å². The Morgan fingerprint density at radius 1 is 1.23 bits per heavy atom. The van der Waals surface area contributed by atoms with Gasteiger partial charge < -0.3 is 19.9 Å². The molecule has 0 aliphatic carbocycles. The van der Waals surface area contributed by atoms with E-state index in [4.69, 9.17) is 16.3 Å². The Hall–Kier alpha value is -2.28. The molecule has 0 atom stereocenters. The van der Waals surface area contributed by atoms with Crippen molar-refractivity contribution in [3.8, 4) is 5.75 Å². The molecule has 0 saturated carbocycles. The zero-order chi connectivity index (χ0) is 19.5. The second kappa shape index (κ2) is 7.95. The molecule has 0 unspecified atom stereocenters. The zero-order valence-electron chi connectivity index (χ0n) is 15.5. The largest absolute Gasteiger partial charge is 0.495 e. The third kappa shape index (κ3) is 4.09. The fourth-order valence-electron chi connectivity index (χ4n) is 2.73. The van der Waals surface area contributed by atoms with Crippen LogP contribution in [-0.2, 0) is 14.4 Å². The first-order valence-corrected chi connectivity index (χ1v) is 8.72. The van der Waals surface area contributed by atoms with Crippen LogP contribution in [0.1, 0.15) is 19.4 Å². The van der Waals surface area contributed by atoms with Gasteiger partial charge in [-0.05, 0) is 32.4 Å². The first-order valence-electron chi connectivity index (χ1n) is 8.35. The number of halogens is 1. The molecule has 1 fully saturated rings. The average molecular weight is 382 g/mol. The first kappa shape index (κ1) is 20.0. The van der Waals surface area contributed by atoms with Crippen molar-refractivity contribution in [2.75, 3.05) is 38.6 Å². The molecule has 8 heteroatoms. The maximum absolute atomic E-state index is 12.8. The number of aryl methyl sites for hydroxylation is 1. The van der Waals surface area contributed by atoms with Crippen LogP contribution in [0.4, 0.5) is 5.69 Å². The lowest BCUT2D eigenvalue weighted by Gasteiger charge is -2.36. The first-order chi connectivity index (χ1) is 12.2. The Bertz CT molecular complexity index is 713. The molecule has 1 saturated heterocycles. The van der Waals surface area contributed by atoms with Crippen LogP contribution in [0.15, 0.2) is 12.1 Å². The van der Waals surface area contributed by atoms with Gasteiger partial charge in [0.1, 0.15) is 11.2 Å². The lowest BCUT2D eigenvalue weighted by Crippen LogP contribution is -2.54. The van der Waals surface area contributed by atoms with Crippen molar-refractivity contribution >= 4 is 35.5 Å². The standard InChI is InChI=1S/C18H24ClN3O4/c1-12-9-14(15(26-4)10-13(12)19)20-16(24)18(2,3)17(25)22-7-5-21(11-23)6-8-22/h9-11H,5-8H2,1-4H3,(H,20,24). The lowest BCUT2D eigenvalue weighted by molar-refractivity contribution is -0.148. The third-order valence-corrected chi connectivity index (χ3v) is 4.99. The van der Waals surface area contributed by atoms with Gasteiger partial charge in [0, 0.05) is 37.3 Å². The fraction of sp³-hybridized carbons (Fsp3) is 0.500. The van der Waals surface area contributed by atoms with E-state index in [1.807, 2.05) is 6.92 Å². The Labute approximate surface area is 158 Å². The van der Waals surface area contributed by atoms with E-state index in [9.17, 15) is 14.4 Å². The second-order valence-corrected chi connectivity index (χ2v) is 7.22. The van der Waals surface area contributed by atoms with Gasteiger partial charge in [0.15, 0.2) is 0 Å². The average Bonchev–Trinajstić information content (AvgIpc) is 2.63. The second-order valence-electron chi connectivity index (χ2n) is 6.81. The lowest BCUT2D eigenvalue weighted by atomic mass is 9.89. The summed E-state index contributed by atoms with van der Waals surface area (Å²) in [6.07, 6.45) is 0.773. The number of carbonyl (C=O) groups excluding carboxylic acids is 3. The Morgan fingerprint density at radius 3 is 2.38 bits per heavy atom. The normalized spacial score (nSPS) is 14.8. The number of hydrogen-bond acceptors (Lipinski definition) is 4. The molecule has 1 aliphatic rings. The van der Waals surface area contributed by atoms with Gasteiger partial charge in [0.2, 0.25) is 18.2 Å². The monoisotopic (exact) mass is 381 g/mol. The molecule has 0 aromatic heterocycles. The summed E-state index contributed by atoms with van der Waals surface area (Å²) in [5, 5.41) is 3.30. The molecule has 1 aromatic rings. The van der Waals surface area contributed by atoms with Crippen molar-refractivity contribution in [2.45, 2.75) is 20.8 Å². The molecular formula is C18H24ClN3O4. The summed E-state index contributed by atoms with van der Waals surface area (Å²) in [7, 11) is 1.49. The number of nitrogens with one attached hydrogen (secondary N) is 1. The summed E-state index contributed by atoms with van der Waals surface area (Å²) in [4.78, 5) is 39.6. The summed E-state index contributed by atoms with van der Waals surface area (Å²) in [6, 6.07) is 3.34. The highest BCUT2D eigenvalue weighted by Crippen LogP contribution is 2.32. The van der Waals surface area contributed by atoms with Crippen LogP contribution < -0.4 is 10.1 Å². The Balaban J connectivity index is 2.14. The van der Waals surface area contributed by atoms with Crippen molar-refractivity contribution in [1.82, 2.24) is 9.80 Å². The molecule has 1 heterocycles. The molecule has 1 aliphatic heterocycles. The van der Waals surface area contributed by atoms with E-state index >= 15 is 0 Å². The van der Waals surface area contributed by atoms with E-state index in [2.05, 4.69) is 5.32 Å². The molecule has 142 valence electrons. The summed E-state index contributed by atoms with van der Waals surface area (Å²) in [6.45, 7) is 6.77. The number of ether oxygens (including phenoxy) is 1. The van der Waals surface area contributed by atoms with Gasteiger partial charge >= 0.3 is 0 Å². The Kier molecular flexibility index (Phi) is 6.13. The van der Waals surface area contributed by atoms with Crippen molar-refractivity contribution in [2.24, 2.45) is 5.41 Å². The maximum Gasteiger partial charge on any atom is 0.239 e. The van der Waals surface area contributed by atoms with E-state index in [-0.39, 0.29) is 5.91 Å². The van der Waals surface area contributed by atoms with E-state index in [0.717, 1.165) is 12.0 Å². The number of nitrogens with zero attached hydrogens (tertiary/aromatic N) is 2. The van der Waals surface area contributed by atoms with Gasteiger partial charge in [-0.2, -0.15) is 0 Å². The summed E-state index contributed by atoms with van der Waals surface area (Å²) >= 11 is 6.08. The third-order valence-electron chi connectivity index (χ3n) is 4.58. The van der Waals surface area contributed by atoms with Crippen LogP contribution in [0.5, 0.6) is 5.75 Å². The summed E-state index contributed by atoms with van der Waals surface area (Å²) in [5.74, 6) is -0.276. The predicted octanol–water partition coefficient (Wildman–Crippen LogP) is 1.92. The molecule has 26 heavy (non-hydrogen) atoms. The quantitative estimate of drug-likeness (QED) is 0.624. The van der Waals surface area contributed by atoms with Gasteiger partial charge in [-0.3, -0.25) is 14.4 Å². The highest BCUT2D eigenvalue weighted by molar-refractivity contribution is 6.31. The molecule has 1 aromatic carbocycles. The maximum atomic E-state index is 12.8. The minimum atomic E-state index is -1.26. The fourth-order valence-corrected chi connectivity index (χ4v) is 2.88. The van der Waals surface area contributed by atoms with Gasteiger partial charge in [0.05, 0.1) is 12.8 Å². The molecule has 1 N–H and O–H groups in total. The van der Waals surface area contributed by atoms with Crippen LogP contribution in [-0.4, -0.2) is 61.3 Å². The number of benzene rings is 1. The van der Waals surface area contributed by atoms with Crippen molar-refractivity contribution in [3.05, 3.63) is 22.7 Å². The van der Waals surface area contributed by atoms with Crippen LogP contribution in [0.3, 0.4) is 0 Å². The van der Waals surface area contributed by atoms with Crippen molar-refractivity contribution in [3.63, 3.8) is 0 Å². The van der Waals surface area contributed by atoms with Crippen molar-refractivity contribution in [1.29, 1.82) is 0 Å². The number of amides is 3. The summed E-state index contributed by atoms with van der Waals surface area (Å²) < 4.78 is 5.26. The zero-order valence-corrected chi connectivity index (χ0v) is 16.2. The number of carbonyl (C=O) groups is 3. The molecule has 0 radical (unpaired) electrons. The highest BCUT2D eigenvalue weighted by Gasteiger charge is 2.40. The summed E-state index contributed by atoms with van der Waals surface area (Å²) in [5.41, 5.74) is -0.00929. The van der Waals surface area contributed by atoms with Crippen LogP contribution in [0.2, 0.25) is 5.02 Å². The van der Waals surface area contributed by atoms with Gasteiger partial charge in [-0.25, -0.2) is 0 Å². The minimum absolute atomic E-state index is 0.273. The van der Waals surface area contributed by atoms with Crippen molar-refractivity contribution < 1.29 is 19.1 Å². The molecule has 7 nitrogen and oxygen atoms in total. The van der Waals surface area contributed by atoms with Gasteiger partial charge in [-0.1, -0.05) is 11.6 Å². The number of methoxy groups -OCH3 is 1. The van der Waals surface area contributed by atoms with Crippen LogP contribution in [0.25, 0.3) is 0 Å². The molecule has 0 bridgehead atoms. The molecule has 2 rings (SSSR count). The van der Waals surface area contributed by atoms with Gasteiger partial charge in [0.25, 0.3) is 0 Å². The Morgan fingerprint density at radius 2 is 1.85 bits per heavy atom. The molecular weight excluding hydrogens is 358 g/mol. The predicted molar refractivity (Wildman–Crippen MR) is 99.4 cm³/mol. The van der Waals surface area contributed by atoms with Crippen LogP contribution in [0, 0.1) is 12.3 Å².